The second-order valence-electron chi connectivity index (χ2n) is 24.3. The van der Waals surface area contributed by atoms with Crippen LogP contribution in [-0.2, 0) is 52.7 Å². The van der Waals surface area contributed by atoms with E-state index in [1.54, 1.807) is 13.8 Å². The first-order chi connectivity index (χ1) is 36.9. The van der Waals surface area contributed by atoms with Crippen LogP contribution >= 0.6 is 0 Å². The number of allylic oxidation sites excluding steroid dienone is 2. The zero-order chi connectivity index (χ0) is 62.0. The number of nitrogens with one attached hydrogen (secondary N) is 4. The van der Waals surface area contributed by atoms with Crippen molar-refractivity contribution in [2.45, 2.75) is 197 Å². The highest BCUT2D eigenvalue weighted by atomic mass is 16.2. The van der Waals surface area contributed by atoms with Gasteiger partial charge in [-0.15, -0.1) is 0 Å². The first-order valence-electron chi connectivity index (χ1n) is 28.6. The van der Waals surface area contributed by atoms with Crippen LogP contribution < -0.4 is 21.3 Å². The monoisotopic (exact) mass is 1130 g/mol. The highest BCUT2D eigenvalue weighted by molar-refractivity contribution is 5.99. The van der Waals surface area contributed by atoms with Gasteiger partial charge in [-0.25, -0.2) is 0 Å². The SMILES string of the molecule is C/C=C/C[C@@H](C)C[C@H]1C(=O)NCC(=O)N(C)CC(=O)N(C)[C@@H](CC(C)C)C(=O)NC(C(C)C)C(=O)N(C)[C@@H](CC(C)C)C(=O)N[C@@H](C)C(=O)N[C@H](C)C(=O)N(C)[C@@H](CC(C)C)C(=O)N(C)[C@@H](CC(C)C)C(=O)N(C)[C@@H](C)C(=O)N1C. The van der Waals surface area contributed by atoms with E-state index in [9.17, 15) is 52.7 Å². The standard InChI is InChI=1S/C58H103N11O11/c1-23-24-25-38(12)30-44-51(73)59-31-47(70)63(16)32-48(71)65(18)42(26-33(2)3)53(75)62-49(37(10)11)58(80)67(20)43(27-34(4)5)52(74)60-39(13)50(72)61-40(14)54(76)68(21)46(29-36(8)9)57(79)69(22)45(28-35(6)7)56(78)64(17)41(15)55(77)66(44)19/h23-24,33-46,49H,25-32H2,1-22H3,(H,59,73)(H,60,74)(H,61,72)(H,62,75)/b24-23+/t38-,39+,40-,41+,42+,43+,44+,45+,46+,49?/m1/s1. The third-order valence-corrected chi connectivity index (χ3v) is 15.0. The Bertz CT molecular complexity index is 2180. The highest BCUT2D eigenvalue weighted by Crippen LogP contribution is 2.23. The van der Waals surface area contributed by atoms with Crippen molar-refractivity contribution in [1.82, 2.24) is 55.6 Å². The van der Waals surface area contributed by atoms with Crippen LogP contribution in [0.1, 0.15) is 142 Å². The number of carbonyl (C=O) groups excluding carboxylic acids is 11. The summed E-state index contributed by atoms with van der Waals surface area (Å²) in [6.07, 6.45) is 5.31. The molecule has 1 heterocycles. The van der Waals surface area contributed by atoms with E-state index >= 15 is 0 Å². The minimum Gasteiger partial charge on any atom is -0.345 e. The van der Waals surface area contributed by atoms with Gasteiger partial charge in [0.05, 0.1) is 13.1 Å². The molecule has 0 aliphatic carbocycles. The molecule has 1 unspecified atom stereocenters. The molecule has 1 aliphatic rings. The van der Waals surface area contributed by atoms with E-state index in [1.165, 1.54) is 99.5 Å². The quantitative estimate of drug-likeness (QED) is 0.195. The molecule has 0 spiro atoms. The van der Waals surface area contributed by atoms with Crippen molar-refractivity contribution in [1.29, 1.82) is 0 Å². The number of rotatable bonds is 13. The minimum absolute atomic E-state index is 0.106. The normalized spacial score (nSPS) is 26.4. The number of nitrogens with zero attached hydrogens (tertiary/aromatic N) is 7. The Morgan fingerprint density at radius 1 is 0.438 bits per heavy atom. The van der Waals surface area contributed by atoms with E-state index in [1.807, 2.05) is 81.4 Å². The molecule has 22 nitrogen and oxygen atoms in total. The lowest BCUT2D eigenvalue weighted by Crippen LogP contribution is -2.61. The molecule has 0 aromatic carbocycles. The summed E-state index contributed by atoms with van der Waals surface area (Å²) in [5, 5.41) is 10.9. The molecule has 10 atom stereocenters. The Labute approximate surface area is 478 Å². The van der Waals surface area contributed by atoms with Crippen LogP contribution in [0.25, 0.3) is 0 Å². The zero-order valence-corrected chi connectivity index (χ0v) is 52.6. The van der Waals surface area contributed by atoms with Crippen LogP contribution in [0, 0.1) is 35.5 Å². The molecule has 1 fully saturated rings. The van der Waals surface area contributed by atoms with Gasteiger partial charge in [-0.2, -0.15) is 0 Å². The van der Waals surface area contributed by atoms with Gasteiger partial charge in [0.15, 0.2) is 0 Å². The summed E-state index contributed by atoms with van der Waals surface area (Å²) in [5.41, 5.74) is 0. The average Bonchev–Trinajstić information content (AvgIpc) is 3.38. The van der Waals surface area contributed by atoms with Gasteiger partial charge < -0.3 is 55.6 Å². The fourth-order valence-corrected chi connectivity index (χ4v) is 9.59. The molecule has 80 heavy (non-hydrogen) atoms. The fourth-order valence-electron chi connectivity index (χ4n) is 9.59. The predicted octanol–water partition coefficient (Wildman–Crippen LogP) is 2.88. The van der Waals surface area contributed by atoms with Crippen LogP contribution in [-0.4, -0.2) is 216 Å². The Hall–Kier alpha value is -6.09. The third-order valence-electron chi connectivity index (χ3n) is 15.0. The maximum Gasteiger partial charge on any atom is 0.245 e. The number of amides is 11. The van der Waals surface area contributed by atoms with Crippen molar-refractivity contribution in [3.63, 3.8) is 0 Å². The Morgan fingerprint density at radius 2 is 0.838 bits per heavy atom. The number of carbonyl (C=O) groups is 11. The number of hydrogen-bond donors (Lipinski definition) is 4. The lowest BCUT2D eigenvalue weighted by atomic mass is 9.96. The number of hydrogen-bond acceptors (Lipinski definition) is 11. The number of likely N-dealkylation sites (N-methyl/N-ethyl adjacent to an activating group) is 7. The van der Waals surface area contributed by atoms with Crippen LogP contribution in [0.2, 0.25) is 0 Å². The largest absolute Gasteiger partial charge is 0.345 e. The van der Waals surface area contributed by atoms with Gasteiger partial charge in [0, 0.05) is 49.3 Å². The molecule has 4 N–H and O–H groups in total. The average molecular weight is 1130 g/mol. The van der Waals surface area contributed by atoms with E-state index in [0.717, 1.165) is 4.90 Å². The lowest BCUT2D eigenvalue weighted by Gasteiger charge is -2.39. The molecule has 1 aliphatic heterocycles. The molecule has 0 aromatic heterocycles. The van der Waals surface area contributed by atoms with Crippen molar-refractivity contribution in [2.24, 2.45) is 35.5 Å². The Kier molecular flexibility index (Phi) is 29.7. The van der Waals surface area contributed by atoms with Gasteiger partial charge in [-0.05, 0) is 102 Å². The van der Waals surface area contributed by atoms with Crippen LogP contribution in [0.4, 0.5) is 0 Å². The first kappa shape index (κ1) is 71.9. The molecular formula is C58H103N11O11. The van der Waals surface area contributed by atoms with Crippen LogP contribution in [0.3, 0.4) is 0 Å². The van der Waals surface area contributed by atoms with Crippen LogP contribution in [0.15, 0.2) is 12.2 Å². The third kappa shape index (κ3) is 21.1. The van der Waals surface area contributed by atoms with Gasteiger partial charge >= 0.3 is 0 Å². The Balaban J connectivity index is 4.08. The summed E-state index contributed by atoms with van der Waals surface area (Å²) in [6, 6.07) is -10.2. The molecule has 456 valence electrons. The fraction of sp³-hybridized carbons (Fsp3) is 0.776. The van der Waals surface area contributed by atoms with E-state index in [-0.39, 0.29) is 61.7 Å². The molecule has 0 bridgehead atoms. The topological polar surface area (TPSA) is 259 Å². The van der Waals surface area contributed by atoms with Crippen molar-refractivity contribution in [3.8, 4) is 0 Å². The molecule has 0 radical (unpaired) electrons. The first-order valence-corrected chi connectivity index (χ1v) is 28.6. The molecule has 1 rings (SSSR count). The van der Waals surface area contributed by atoms with Gasteiger partial charge in [0.1, 0.15) is 54.4 Å². The van der Waals surface area contributed by atoms with Crippen molar-refractivity contribution in [3.05, 3.63) is 12.2 Å². The molecule has 1 saturated heterocycles. The maximum absolute atomic E-state index is 14.8. The van der Waals surface area contributed by atoms with Crippen molar-refractivity contribution < 1.29 is 52.7 Å². The summed E-state index contributed by atoms with van der Waals surface area (Å²) in [5.74, 6) is -7.88. The van der Waals surface area contributed by atoms with Gasteiger partial charge in [0.25, 0.3) is 0 Å². The molecule has 0 saturated carbocycles. The summed E-state index contributed by atoms with van der Waals surface area (Å²) in [4.78, 5) is 165. The van der Waals surface area contributed by atoms with Gasteiger partial charge in [0.2, 0.25) is 65.0 Å². The molecule has 0 aromatic rings. The molecular weight excluding hydrogens is 1030 g/mol. The summed E-state index contributed by atoms with van der Waals surface area (Å²) >= 11 is 0. The van der Waals surface area contributed by atoms with E-state index in [0.29, 0.717) is 6.42 Å². The predicted molar refractivity (Wildman–Crippen MR) is 309 cm³/mol. The maximum atomic E-state index is 14.8. The second kappa shape index (κ2) is 33.0. The van der Waals surface area contributed by atoms with Crippen molar-refractivity contribution in [2.75, 3.05) is 62.4 Å². The van der Waals surface area contributed by atoms with E-state index in [4.69, 9.17) is 0 Å². The smallest absolute Gasteiger partial charge is 0.245 e. The Morgan fingerprint density at radius 3 is 1.31 bits per heavy atom. The second-order valence-corrected chi connectivity index (χ2v) is 24.3. The minimum atomic E-state index is -1.21. The van der Waals surface area contributed by atoms with E-state index < -0.39 is 138 Å². The van der Waals surface area contributed by atoms with Crippen LogP contribution in [0.5, 0.6) is 0 Å². The van der Waals surface area contributed by atoms with Gasteiger partial charge in [-0.1, -0.05) is 88.3 Å². The summed E-state index contributed by atoms with van der Waals surface area (Å²) in [7, 11) is 10.1. The molecule has 11 amide bonds. The van der Waals surface area contributed by atoms with E-state index in [2.05, 4.69) is 21.3 Å². The summed E-state index contributed by atoms with van der Waals surface area (Å²) < 4.78 is 0. The zero-order valence-electron chi connectivity index (χ0n) is 52.6. The van der Waals surface area contributed by atoms with Crippen molar-refractivity contribution >= 4 is 65.0 Å². The summed E-state index contributed by atoms with van der Waals surface area (Å²) in [6.45, 7) is 25.7. The van der Waals surface area contributed by atoms with Gasteiger partial charge in [-0.3, -0.25) is 52.7 Å². The lowest BCUT2D eigenvalue weighted by molar-refractivity contribution is -0.154. The molecule has 22 heteroatoms. The highest BCUT2D eigenvalue weighted by Gasteiger charge is 2.42.